The van der Waals surface area contributed by atoms with Crippen molar-refractivity contribution in [1.29, 1.82) is 0 Å². The zero-order valence-electron chi connectivity index (χ0n) is 24.2. The number of ketones is 1. The van der Waals surface area contributed by atoms with E-state index >= 15 is 0 Å². The predicted molar refractivity (Wildman–Crippen MR) is 154 cm³/mol. The van der Waals surface area contributed by atoms with Gasteiger partial charge in [0.2, 0.25) is 0 Å². The highest BCUT2D eigenvalue weighted by atomic mass is 16.5. The Bertz CT molecular complexity index is 922. The monoisotopic (exact) mass is 510 g/mol. The molecule has 0 amide bonds. The van der Waals surface area contributed by atoms with Crippen molar-refractivity contribution in [1.82, 2.24) is 0 Å². The fraction of sp³-hybridized carbons (Fsp3) is 0.606. The van der Waals surface area contributed by atoms with Crippen molar-refractivity contribution in [2.75, 3.05) is 0 Å². The van der Waals surface area contributed by atoms with E-state index < -0.39 is 0 Å². The number of carbonyl (C=O) groups is 1. The first-order valence-corrected chi connectivity index (χ1v) is 14.7. The number of benzene rings is 2. The second-order valence-electron chi connectivity index (χ2n) is 10.00. The van der Waals surface area contributed by atoms with Crippen LogP contribution in [0.15, 0.2) is 42.5 Å². The van der Waals surface area contributed by atoms with Crippen molar-refractivity contribution in [3.63, 3.8) is 0 Å². The van der Waals surface area contributed by atoms with Crippen LogP contribution in [0.4, 0.5) is 0 Å². The maximum absolute atomic E-state index is 13.4. The summed E-state index contributed by atoms with van der Waals surface area (Å²) in [6, 6.07) is 13.8. The molecule has 37 heavy (non-hydrogen) atoms. The molecule has 0 N–H and O–H groups in total. The van der Waals surface area contributed by atoms with Gasteiger partial charge in [-0.25, -0.2) is 0 Å². The van der Waals surface area contributed by atoms with E-state index in [1.54, 1.807) is 0 Å². The Morgan fingerprint density at radius 3 is 1.78 bits per heavy atom. The van der Waals surface area contributed by atoms with Crippen LogP contribution >= 0.6 is 0 Å². The van der Waals surface area contributed by atoms with Gasteiger partial charge in [-0.15, -0.1) is 0 Å². The molecule has 2 rings (SSSR count). The Morgan fingerprint density at radius 1 is 0.676 bits per heavy atom. The Balaban J connectivity index is 2.25. The van der Waals surface area contributed by atoms with Crippen LogP contribution in [0.5, 0.6) is 17.2 Å². The topological polar surface area (TPSA) is 44.8 Å². The molecule has 0 aliphatic rings. The van der Waals surface area contributed by atoms with Crippen LogP contribution in [0.25, 0.3) is 0 Å². The Morgan fingerprint density at radius 2 is 1.22 bits per heavy atom. The molecule has 206 valence electrons. The molecule has 0 saturated heterocycles. The van der Waals surface area contributed by atoms with Gasteiger partial charge in [0, 0.05) is 6.42 Å². The SMILES string of the molecule is CCCC(CC)Oc1ccc(OC(CC)CCC)c(CCC(=O)c2ccccc2OC(CC)CCC)c1. The molecule has 0 radical (unpaired) electrons. The van der Waals surface area contributed by atoms with Crippen molar-refractivity contribution in [2.24, 2.45) is 0 Å². The summed E-state index contributed by atoms with van der Waals surface area (Å²) in [7, 11) is 0. The summed E-state index contributed by atoms with van der Waals surface area (Å²) in [5, 5.41) is 0. The normalized spacial score (nSPS) is 13.6. The highest BCUT2D eigenvalue weighted by Crippen LogP contribution is 2.30. The lowest BCUT2D eigenvalue weighted by Crippen LogP contribution is -2.18. The Kier molecular flexibility index (Phi) is 14.2. The molecule has 0 heterocycles. The van der Waals surface area contributed by atoms with E-state index in [4.69, 9.17) is 14.2 Å². The number of rotatable bonds is 19. The second-order valence-corrected chi connectivity index (χ2v) is 10.00. The molecule has 0 aliphatic carbocycles. The highest BCUT2D eigenvalue weighted by Gasteiger charge is 2.18. The van der Waals surface area contributed by atoms with Crippen molar-refractivity contribution in [3.05, 3.63) is 53.6 Å². The Hall–Kier alpha value is -2.49. The van der Waals surface area contributed by atoms with Gasteiger partial charge in [0.1, 0.15) is 17.2 Å². The van der Waals surface area contributed by atoms with Gasteiger partial charge in [0.25, 0.3) is 0 Å². The fourth-order valence-electron chi connectivity index (χ4n) is 4.68. The van der Waals surface area contributed by atoms with E-state index in [0.717, 1.165) is 74.8 Å². The van der Waals surface area contributed by atoms with E-state index in [1.165, 1.54) is 0 Å². The molecule has 0 bridgehead atoms. The van der Waals surface area contributed by atoms with Gasteiger partial charge < -0.3 is 14.2 Å². The molecule has 0 saturated carbocycles. The average Bonchev–Trinajstić information content (AvgIpc) is 2.92. The lowest BCUT2D eigenvalue weighted by atomic mass is 10.0. The summed E-state index contributed by atoms with van der Waals surface area (Å²) < 4.78 is 19.0. The maximum Gasteiger partial charge on any atom is 0.166 e. The van der Waals surface area contributed by atoms with Gasteiger partial charge >= 0.3 is 0 Å². The number of hydrogen-bond acceptors (Lipinski definition) is 4. The van der Waals surface area contributed by atoms with E-state index in [-0.39, 0.29) is 24.1 Å². The third-order valence-corrected chi connectivity index (χ3v) is 6.93. The first-order chi connectivity index (χ1) is 18.0. The molecular weight excluding hydrogens is 460 g/mol. The molecule has 0 spiro atoms. The first-order valence-electron chi connectivity index (χ1n) is 14.7. The summed E-state index contributed by atoms with van der Waals surface area (Å²) in [5.41, 5.74) is 1.70. The van der Waals surface area contributed by atoms with Gasteiger partial charge in [-0.1, -0.05) is 72.9 Å². The molecule has 4 heteroatoms. The second kappa shape index (κ2) is 17.1. The molecule has 3 atom stereocenters. The molecule has 3 unspecified atom stereocenters. The molecule has 4 nitrogen and oxygen atoms in total. The van der Waals surface area contributed by atoms with Crippen molar-refractivity contribution < 1.29 is 19.0 Å². The average molecular weight is 511 g/mol. The smallest absolute Gasteiger partial charge is 0.166 e. The van der Waals surface area contributed by atoms with Crippen molar-refractivity contribution >= 4 is 5.78 Å². The van der Waals surface area contributed by atoms with Crippen molar-refractivity contribution in [3.8, 4) is 17.2 Å². The first kappa shape index (κ1) is 30.7. The summed E-state index contributed by atoms with van der Waals surface area (Å²) in [5.74, 6) is 2.51. The summed E-state index contributed by atoms with van der Waals surface area (Å²) in [6.45, 7) is 13.0. The van der Waals surface area contributed by atoms with Gasteiger partial charge in [0.15, 0.2) is 5.78 Å². The quantitative estimate of drug-likeness (QED) is 0.177. The zero-order valence-corrected chi connectivity index (χ0v) is 24.2. The van der Waals surface area contributed by atoms with Crippen LogP contribution in [0.2, 0.25) is 0 Å². The third kappa shape index (κ3) is 10.1. The van der Waals surface area contributed by atoms with Crippen LogP contribution in [-0.2, 0) is 6.42 Å². The van der Waals surface area contributed by atoms with Gasteiger partial charge in [-0.2, -0.15) is 0 Å². The molecule has 0 aromatic heterocycles. The maximum atomic E-state index is 13.4. The van der Waals surface area contributed by atoms with Gasteiger partial charge in [0.05, 0.1) is 23.9 Å². The third-order valence-electron chi connectivity index (χ3n) is 6.93. The number of ether oxygens (including phenoxy) is 3. The van der Waals surface area contributed by atoms with E-state index in [0.29, 0.717) is 24.2 Å². The number of Topliss-reactive ketones (excluding diaryl/α,β-unsaturated/α-hetero) is 1. The minimum atomic E-state index is 0.0947. The van der Waals surface area contributed by atoms with E-state index in [1.807, 2.05) is 36.4 Å². The number of aryl methyl sites for hydroxylation is 1. The standard InChI is InChI=1S/C33H50O4/c1-7-15-26(10-4)35-29-21-23-32(36-27(11-5)16-8-2)25(24-29)20-22-31(34)30-18-13-14-19-33(30)37-28(12-6)17-9-3/h13-14,18-19,21,23-24,26-28H,7-12,15-17,20,22H2,1-6H3. The Labute approximate surface area is 226 Å². The summed E-state index contributed by atoms with van der Waals surface area (Å²) in [6.07, 6.45) is 10.6. The highest BCUT2D eigenvalue weighted by molar-refractivity contribution is 5.98. The molecule has 0 aliphatic heterocycles. The lowest BCUT2D eigenvalue weighted by Gasteiger charge is -2.22. The van der Waals surface area contributed by atoms with Crippen LogP contribution < -0.4 is 14.2 Å². The summed E-state index contributed by atoms with van der Waals surface area (Å²) in [4.78, 5) is 13.4. The van der Waals surface area contributed by atoms with Gasteiger partial charge in [-0.05, 0) is 80.8 Å². The zero-order chi connectivity index (χ0) is 27.0. The number of carbonyl (C=O) groups excluding carboxylic acids is 1. The molecular formula is C33H50O4. The largest absolute Gasteiger partial charge is 0.490 e. The molecule has 2 aromatic rings. The number of para-hydroxylation sites is 1. The van der Waals surface area contributed by atoms with Crippen molar-refractivity contribution in [2.45, 2.75) is 130 Å². The predicted octanol–water partition coefficient (Wildman–Crippen LogP) is 9.37. The fourth-order valence-corrected chi connectivity index (χ4v) is 4.68. The minimum absolute atomic E-state index is 0.0947. The molecule has 0 fully saturated rings. The van der Waals surface area contributed by atoms with E-state index in [2.05, 4.69) is 47.6 Å². The summed E-state index contributed by atoms with van der Waals surface area (Å²) >= 11 is 0. The van der Waals surface area contributed by atoms with Crippen LogP contribution in [0, 0.1) is 0 Å². The van der Waals surface area contributed by atoms with Crippen LogP contribution in [0.1, 0.15) is 122 Å². The lowest BCUT2D eigenvalue weighted by molar-refractivity contribution is 0.0973. The number of hydrogen-bond donors (Lipinski definition) is 0. The van der Waals surface area contributed by atoms with Crippen LogP contribution in [0.3, 0.4) is 0 Å². The minimum Gasteiger partial charge on any atom is -0.490 e. The van der Waals surface area contributed by atoms with Gasteiger partial charge in [-0.3, -0.25) is 4.79 Å². The van der Waals surface area contributed by atoms with Crippen LogP contribution in [-0.4, -0.2) is 24.1 Å². The van der Waals surface area contributed by atoms with E-state index in [9.17, 15) is 4.79 Å². The molecule has 2 aromatic carbocycles.